The van der Waals surface area contributed by atoms with E-state index in [1.54, 1.807) is 0 Å². The van der Waals surface area contributed by atoms with Crippen molar-refractivity contribution in [1.82, 2.24) is 15.7 Å². The number of rotatable bonds is 10. The summed E-state index contributed by atoms with van der Waals surface area (Å²) in [7, 11) is 1.53. The average Bonchev–Trinajstić information content (AvgIpc) is 3.10. The van der Waals surface area contributed by atoms with E-state index in [1.165, 1.54) is 17.5 Å². The molecule has 1 heterocycles. The second kappa shape index (κ2) is 11.0. The Morgan fingerprint density at radius 1 is 1.36 bits per heavy atom. The van der Waals surface area contributed by atoms with Crippen molar-refractivity contribution >= 4 is 17.7 Å². The Bertz CT molecular complexity index is 459. The van der Waals surface area contributed by atoms with E-state index in [0.717, 1.165) is 6.42 Å². The molecule has 25 heavy (non-hydrogen) atoms. The minimum absolute atomic E-state index is 0.266. The van der Waals surface area contributed by atoms with Crippen molar-refractivity contribution in [2.24, 2.45) is 5.92 Å². The maximum atomic E-state index is 12.9. The lowest BCUT2D eigenvalue weighted by Gasteiger charge is -2.30. The summed E-state index contributed by atoms with van der Waals surface area (Å²) in [5, 5.41) is 21.5. The van der Waals surface area contributed by atoms with Crippen molar-refractivity contribution in [3.05, 3.63) is 0 Å². The minimum atomic E-state index is -1.65. The van der Waals surface area contributed by atoms with E-state index in [-0.39, 0.29) is 5.91 Å². The maximum Gasteiger partial charge on any atom is 0.272 e. The highest BCUT2D eigenvalue weighted by Crippen LogP contribution is 2.24. The summed E-state index contributed by atoms with van der Waals surface area (Å²) in [5.41, 5.74) is 1.38. The number of carbonyl (C=O) groups is 3. The van der Waals surface area contributed by atoms with Crippen LogP contribution in [0.15, 0.2) is 0 Å². The lowest BCUT2D eigenvalue weighted by molar-refractivity contribution is -0.152. The smallest absolute Gasteiger partial charge is 0.272 e. The van der Waals surface area contributed by atoms with Gasteiger partial charge >= 0.3 is 0 Å². The van der Waals surface area contributed by atoms with Gasteiger partial charge in [-0.05, 0) is 19.3 Å². The Balaban J connectivity index is 2.82. The molecule has 9 nitrogen and oxygen atoms in total. The lowest BCUT2D eigenvalue weighted by atomic mass is 9.93. The Labute approximate surface area is 147 Å². The van der Waals surface area contributed by atoms with Crippen LogP contribution in [-0.2, 0) is 19.1 Å². The van der Waals surface area contributed by atoms with Crippen LogP contribution in [0.3, 0.4) is 0 Å². The molecule has 1 saturated heterocycles. The van der Waals surface area contributed by atoms with Crippen LogP contribution in [0.5, 0.6) is 0 Å². The first kappa shape index (κ1) is 21.3. The first-order chi connectivity index (χ1) is 12.0. The van der Waals surface area contributed by atoms with Gasteiger partial charge in [-0.25, -0.2) is 5.48 Å². The van der Waals surface area contributed by atoms with Gasteiger partial charge in [-0.3, -0.25) is 19.6 Å². The molecule has 1 aliphatic rings. The number of amides is 3. The fourth-order valence-electron chi connectivity index (χ4n) is 3.00. The molecule has 0 saturated carbocycles. The molecular formula is C16H29N3O6. The number of methoxy groups -OCH3 is 1. The summed E-state index contributed by atoms with van der Waals surface area (Å²) in [4.78, 5) is 38.1. The number of likely N-dealkylation sites (tertiary alicyclic amines) is 1. The van der Waals surface area contributed by atoms with Gasteiger partial charge in [0.25, 0.3) is 5.91 Å². The molecule has 3 atom stereocenters. The number of unbranched alkanes of at least 4 members (excludes halogenated alkanes) is 1. The molecule has 1 aliphatic heterocycles. The van der Waals surface area contributed by atoms with Gasteiger partial charge in [0.15, 0.2) is 0 Å². The van der Waals surface area contributed by atoms with Crippen LogP contribution in [0.1, 0.15) is 39.0 Å². The fraction of sp³-hybridized carbons (Fsp3) is 0.812. The Morgan fingerprint density at radius 3 is 2.68 bits per heavy atom. The number of hydroxylamine groups is 1. The van der Waals surface area contributed by atoms with Gasteiger partial charge in [0, 0.05) is 20.2 Å². The van der Waals surface area contributed by atoms with Crippen LogP contribution < -0.4 is 10.8 Å². The van der Waals surface area contributed by atoms with Gasteiger partial charge in [-0.2, -0.15) is 0 Å². The largest absolute Gasteiger partial charge is 0.383 e. The number of carbonyl (C=O) groups excluding carboxylic acids is 3. The van der Waals surface area contributed by atoms with Gasteiger partial charge in [0.2, 0.25) is 11.8 Å². The van der Waals surface area contributed by atoms with Gasteiger partial charge in [-0.1, -0.05) is 19.8 Å². The number of nitrogens with zero attached hydrogens (tertiary/aromatic N) is 1. The fourth-order valence-corrected chi connectivity index (χ4v) is 3.00. The van der Waals surface area contributed by atoms with Crippen LogP contribution >= 0.6 is 0 Å². The van der Waals surface area contributed by atoms with Crippen molar-refractivity contribution in [2.75, 3.05) is 26.8 Å². The summed E-state index contributed by atoms with van der Waals surface area (Å²) < 4.78 is 4.89. The zero-order chi connectivity index (χ0) is 18.8. The predicted molar refractivity (Wildman–Crippen MR) is 88.6 cm³/mol. The number of aliphatic hydroxyl groups excluding tert-OH is 1. The SMILES string of the molecule is CCCCC(C(=O)N1CCC[C@H]1C(=O)NCCOC)C(O)C(=O)NO. The normalized spacial score (nSPS) is 19.4. The summed E-state index contributed by atoms with van der Waals surface area (Å²) in [6, 6.07) is -0.613. The molecule has 144 valence electrons. The molecule has 0 radical (unpaired) electrons. The van der Waals surface area contributed by atoms with Gasteiger partial charge < -0.3 is 20.1 Å². The zero-order valence-electron chi connectivity index (χ0n) is 14.9. The number of nitrogens with one attached hydrogen (secondary N) is 2. The molecule has 0 spiro atoms. The first-order valence-corrected chi connectivity index (χ1v) is 8.67. The number of hydrogen-bond donors (Lipinski definition) is 4. The van der Waals surface area contributed by atoms with Crippen molar-refractivity contribution < 1.29 is 29.4 Å². The maximum absolute atomic E-state index is 12.9. The van der Waals surface area contributed by atoms with Crippen LogP contribution in [-0.4, -0.2) is 71.9 Å². The lowest BCUT2D eigenvalue weighted by Crippen LogP contribution is -2.52. The van der Waals surface area contributed by atoms with Crippen LogP contribution in [0, 0.1) is 5.92 Å². The molecule has 0 aromatic carbocycles. The quantitative estimate of drug-likeness (QED) is 0.235. The molecule has 0 aromatic heterocycles. The molecule has 2 unspecified atom stereocenters. The highest BCUT2D eigenvalue weighted by atomic mass is 16.5. The average molecular weight is 359 g/mol. The second-order valence-corrected chi connectivity index (χ2v) is 6.14. The van der Waals surface area contributed by atoms with E-state index < -0.39 is 29.9 Å². The van der Waals surface area contributed by atoms with E-state index in [0.29, 0.717) is 45.4 Å². The van der Waals surface area contributed by atoms with Crippen LogP contribution in [0.4, 0.5) is 0 Å². The van der Waals surface area contributed by atoms with Gasteiger partial charge in [0.1, 0.15) is 12.1 Å². The van der Waals surface area contributed by atoms with E-state index in [9.17, 15) is 19.5 Å². The summed E-state index contributed by atoms with van der Waals surface area (Å²) in [5.74, 6) is -2.71. The summed E-state index contributed by atoms with van der Waals surface area (Å²) >= 11 is 0. The van der Waals surface area contributed by atoms with E-state index in [2.05, 4.69) is 5.32 Å². The molecule has 1 rings (SSSR count). The molecule has 0 aliphatic carbocycles. The van der Waals surface area contributed by atoms with Crippen molar-refractivity contribution in [3.63, 3.8) is 0 Å². The van der Waals surface area contributed by atoms with Gasteiger partial charge in [-0.15, -0.1) is 0 Å². The second-order valence-electron chi connectivity index (χ2n) is 6.14. The summed E-state index contributed by atoms with van der Waals surface area (Å²) in [6.45, 7) is 3.06. The predicted octanol–water partition coefficient (Wildman–Crippen LogP) is -0.587. The topological polar surface area (TPSA) is 128 Å². The number of hydrogen-bond acceptors (Lipinski definition) is 6. The molecule has 3 amide bonds. The highest BCUT2D eigenvalue weighted by Gasteiger charge is 2.40. The molecule has 1 fully saturated rings. The van der Waals surface area contributed by atoms with E-state index >= 15 is 0 Å². The first-order valence-electron chi connectivity index (χ1n) is 8.67. The Kier molecular flexibility index (Phi) is 9.40. The standard InChI is InChI=1S/C16H29N3O6/c1-3-4-6-11(13(20)15(22)18-24)16(23)19-9-5-7-12(19)14(21)17-8-10-25-2/h11-13,20,24H,3-10H2,1-2H3,(H,17,21)(H,18,22)/t11?,12-,13?/m0/s1. The molecule has 9 heteroatoms. The number of aliphatic hydroxyl groups is 1. The van der Waals surface area contributed by atoms with E-state index in [1.807, 2.05) is 6.92 Å². The number of ether oxygens (including phenoxy) is 1. The third kappa shape index (κ3) is 5.94. The zero-order valence-corrected chi connectivity index (χ0v) is 14.9. The minimum Gasteiger partial charge on any atom is -0.383 e. The van der Waals surface area contributed by atoms with Crippen LogP contribution in [0.2, 0.25) is 0 Å². The molecular weight excluding hydrogens is 330 g/mol. The highest BCUT2D eigenvalue weighted by molar-refractivity contribution is 5.92. The summed E-state index contributed by atoms with van der Waals surface area (Å²) in [6.07, 6.45) is 1.30. The third-order valence-electron chi connectivity index (χ3n) is 4.39. The monoisotopic (exact) mass is 359 g/mol. The Hall–Kier alpha value is -1.71. The third-order valence-corrected chi connectivity index (χ3v) is 4.39. The molecule has 0 aromatic rings. The van der Waals surface area contributed by atoms with Gasteiger partial charge in [0.05, 0.1) is 12.5 Å². The molecule has 0 bridgehead atoms. The van der Waals surface area contributed by atoms with Crippen molar-refractivity contribution in [3.8, 4) is 0 Å². The van der Waals surface area contributed by atoms with E-state index in [4.69, 9.17) is 9.94 Å². The van der Waals surface area contributed by atoms with Crippen LogP contribution in [0.25, 0.3) is 0 Å². The van der Waals surface area contributed by atoms with Crippen molar-refractivity contribution in [1.29, 1.82) is 0 Å². The molecule has 4 N–H and O–H groups in total. The van der Waals surface area contributed by atoms with Crippen molar-refractivity contribution in [2.45, 2.75) is 51.2 Å². The Morgan fingerprint density at radius 2 is 2.08 bits per heavy atom.